The number of rotatable bonds is 6. The summed E-state index contributed by atoms with van der Waals surface area (Å²) in [5.74, 6) is 0.0255. The molecule has 0 fully saturated rings. The zero-order valence-electron chi connectivity index (χ0n) is 9.56. The standard InChI is InChI=1S/C12H17NO3/c1-9(13-8-7-12(14)15)10-5-3-4-6-11(10)16-2/h3-6,9,13H,7-8H2,1-2H3,(H,14,15)/t9-/m0/s1. The Morgan fingerprint density at radius 2 is 2.19 bits per heavy atom. The Labute approximate surface area is 95.2 Å². The first-order valence-corrected chi connectivity index (χ1v) is 5.23. The molecule has 0 amide bonds. The van der Waals surface area contributed by atoms with Gasteiger partial charge < -0.3 is 15.2 Å². The number of hydrogen-bond donors (Lipinski definition) is 2. The van der Waals surface area contributed by atoms with Crippen molar-refractivity contribution in [3.05, 3.63) is 29.8 Å². The van der Waals surface area contributed by atoms with E-state index in [-0.39, 0.29) is 12.5 Å². The highest BCUT2D eigenvalue weighted by molar-refractivity contribution is 5.66. The summed E-state index contributed by atoms with van der Waals surface area (Å²) >= 11 is 0. The highest BCUT2D eigenvalue weighted by atomic mass is 16.5. The van der Waals surface area contributed by atoms with Crippen LogP contribution in [0.5, 0.6) is 5.75 Å². The van der Waals surface area contributed by atoms with Gasteiger partial charge in [0.2, 0.25) is 0 Å². The lowest BCUT2D eigenvalue weighted by atomic mass is 10.1. The van der Waals surface area contributed by atoms with E-state index in [0.717, 1.165) is 11.3 Å². The summed E-state index contributed by atoms with van der Waals surface area (Å²) in [5, 5.41) is 11.7. The largest absolute Gasteiger partial charge is 0.496 e. The fraction of sp³-hybridized carbons (Fsp3) is 0.417. The third kappa shape index (κ3) is 3.55. The van der Waals surface area contributed by atoms with Crippen molar-refractivity contribution in [2.24, 2.45) is 0 Å². The normalized spacial score (nSPS) is 12.1. The van der Waals surface area contributed by atoms with E-state index in [9.17, 15) is 4.79 Å². The maximum atomic E-state index is 10.4. The molecule has 0 saturated heterocycles. The average molecular weight is 223 g/mol. The van der Waals surface area contributed by atoms with Gasteiger partial charge in [0, 0.05) is 18.2 Å². The minimum atomic E-state index is -0.792. The van der Waals surface area contributed by atoms with Gasteiger partial charge in [-0.05, 0) is 13.0 Å². The molecule has 0 aliphatic heterocycles. The van der Waals surface area contributed by atoms with E-state index in [0.29, 0.717) is 6.54 Å². The number of carboxylic acid groups (broad SMARTS) is 1. The molecule has 0 saturated carbocycles. The van der Waals surface area contributed by atoms with Crippen LogP contribution >= 0.6 is 0 Å². The van der Waals surface area contributed by atoms with Gasteiger partial charge in [-0.25, -0.2) is 0 Å². The summed E-state index contributed by atoms with van der Waals surface area (Å²) in [7, 11) is 1.63. The first kappa shape index (κ1) is 12.5. The highest BCUT2D eigenvalue weighted by Gasteiger charge is 2.10. The highest BCUT2D eigenvalue weighted by Crippen LogP contribution is 2.23. The van der Waals surface area contributed by atoms with Crippen LogP contribution in [0.1, 0.15) is 24.9 Å². The lowest BCUT2D eigenvalue weighted by molar-refractivity contribution is -0.136. The second-order valence-electron chi connectivity index (χ2n) is 3.56. The van der Waals surface area contributed by atoms with Crippen molar-refractivity contribution in [3.8, 4) is 5.75 Å². The molecule has 1 aromatic rings. The third-order valence-corrected chi connectivity index (χ3v) is 2.39. The molecular formula is C12H17NO3. The Morgan fingerprint density at radius 3 is 2.81 bits per heavy atom. The summed E-state index contributed by atoms with van der Waals surface area (Å²) in [4.78, 5) is 10.4. The van der Waals surface area contributed by atoms with Gasteiger partial charge in [-0.15, -0.1) is 0 Å². The van der Waals surface area contributed by atoms with Crippen molar-refractivity contribution in [2.45, 2.75) is 19.4 Å². The van der Waals surface area contributed by atoms with Crippen molar-refractivity contribution in [3.63, 3.8) is 0 Å². The molecule has 2 N–H and O–H groups in total. The summed E-state index contributed by atoms with van der Waals surface area (Å²) < 4.78 is 5.24. The zero-order chi connectivity index (χ0) is 12.0. The smallest absolute Gasteiger partial charge is 0.304 e. The first-order valence-electron chi connectivity index (χ1n) is 5.23. The number of benzene rings is 1. The summed E-state index contributed by atoms with van der Waals surface area (Å²) in [6, 6.07) is 7.79. The van der Waals surface area contributed by atoms with Crippen molar-refractivity contribution in [1.29, 1.82) is 0 Å². The number of hydrogen-bond acceptors (Lipinski definition) is 3. The number of aliphatic carboxylic acids is 1. The molecule has 0 unspecified atom stereocenters. The molecule has 0 radical (unpaired) electrons. The van der Waals surface area contributed by atoms with E-state index in [1.165, 1.54) is 0 Å². The Bertz CT molecular complexity index is 352. The minimum absolute atomic E-state index is 0.0792. The van der Waals surface area contributed by atoms with Gasteiger partial charge in [0.25, 0.3) is 0 Å². The van der Waals surface area contributed by atoms with Gasteiger partial charge in [0.05, 0.1) is 13.5 Å². The number of methoxy groups -OCH3 is 1. The Hall–Kier alpha value is -1.55. The SMILES string of the molecule is COc1ccccc1[C@H](C)NCCC(=O)O. The summed E-state index contributed by atoms with van der Waals surface area (Å²) in [5.41, 5.74) is 1.04. The van der Waals surface area contributed by atoms with Crippen LogP contribution in [0.4, 0.5) is 0 Å². The van der Waals surface area contributed by atoms with Crippen molar-refractivity contribution in [1.82, 2.24) is 5.32 Å². The molecule has 0 spiro atoms. The fourth-order valence-electron chi connectivity index (χ4n) is 1.53. The molecule has 16 heavy (non-hydrogen) atoms. The van der Waals surface area contributed by atoms with E-state index in [2.05, 4.69) is 5.32 Å². The van der Waals surface area contributed by atoms with E-state index in [4.69, 9.17) is 9.84 Å². The van der Waals surface area contributed by atoms with Crippen LogP contribution in [0.3, 0.4) is 0 Å². The van der Waals surface area contributed by atoms with E-state index >= 15 is 0 Å². The Balaban J connectivity index is 2.58. The molecule has 0 heterocycles. The predicted octanol–water partition coefficient (Wildman–Crippen LogP) is 1.82. The topological polar surface area (TPSA) is 58.6 Å². The first-order chi connectivity index (χ1) is 7.65. The lowest BCUT2D eigenvalue weighted by Gasteiger charge is -2.16. The maximum absolute atomic E-state index is 10.4. The van der Waals surface area contributed by atoms with Gasteiger partial charge in [0.1, 0.15) is 5.75 Å². The third-order valence-electron chi connectivity index (χ3n) is 2.39. The van der Waals surface area contributed by atoms with E-state index in [1.807, 2.05) is 31.2 Å². The summed E-state index contributed by atoms with van der Waals surface area (Å²) in [6.45, 7) is 2.44. The predicted molar refractivity (Wildman–Crippen MR) is 61.7 cm³/mol. The Kier molecular flexibility index (Phi) is 4.79. The molecule has 0 aliphatic carbocycles. The lowest BCUT2D eigenvalue weighted by Crippen LogP contribution is -2.22. The van der Waals surface area contributed by atoms with Gasteiger partial charge in [-0.2, -0.15) is 0 Å². The number of nitrogens with one attached hydrogen (secondary N) is 1. The molecule has 88 valence electrons. The number of carbonyl (C=O) groups is 1. The molecule has 4 heteroatoms. The van der Waals surface area contributed by atoms with Gasteiger partial charge in [-0.1, -0.05) is 18.2 Å². The van der Waals surface area contributed by atoms with Crippen LogP contribution in [0.15, 0.2) is 24.3 Å². The van der Waals surface area contributed by atoms with Crippen LogP contribution in [-0.2, 0) is 4.79 Å². The molecule has 1 atom stereocenters. The monoisotopic (exact) mass is 223 g/mol. The van der Waals surface area contributed by atoms with Gasteiger partial charge in [-0.3, -0.25) is 4.79 Å². The second-order valence-corrected chi connectivity index (χ2v) is 3.56. The van der Waals surface area contributed by atoms with Gasteiger partial charge >= 0.3 is 5.97 Å². The molecule has 0 aliphatic rings. The van der Waals surface area contributed by atoms with Crippen molar-refractivity contribution < 1.29 is 14.6 Å². The van der Waals surface area contributed by atoms with E-state index < -0.39 is 5.97 Å². The van der Waals surface area contributed by atoms with Crippen molar-refractivity contribution >= 4 is 5.97 Å². The van der Waals surface area contributed by atoms with E-state index in [1.54, 1.807) is 7.11 Å². The minimum Gasteiger partial charge on any atom is -0.496 e. The molecule has 0 aromatic heterocycles. The quantitative estimate of drug-likeness (QED) is 0.772. The van der Waals surface area contributed by atoms with Gasteiger partial charge in [0.15, 0.2) is 0 Å². The Morgan fingerprint density at radius 1 is 1.50 bits per heavy atom. The van der Waals surface area contributed by atoms with Crippen LogP contribution in [0, 0.1) is 0 Å². The molecule has 4 nitrogen and oxygen atoms in total. The van der Waals surface area contributed by atoms with Crippen LogP contribution in [0.25, 0.3) is 0 Å². The zero-order valence-corrected chi connectivity index (χ0v) is 9.56. The molecule has 1 aromatic carbocycles. The number of para-hydroxylation sites is 1. The molecule has 0 bridgehead atoms. The number of carboxylic acids is 1. The second kappa shape index (κ2) is 6.12. The average Bonchev–Trinajstić information content (AvgIpc) is 2.28. The van der Waals surface area contributed by atoms with Crippen LogP contribution < -0.4 is 10.1 Å². The molecule has 1 rings (SSSR count). The van der Waals surface area contributed by atoms with Crippen LogP contribution in [-0.4, -0.2) is 24.7 Å². The fourth-order valence-corrected chi connectivity index (χ4v) is 1.53. The number of ether oxygens (including phenoxy) is 1. The summed E-state index contributed by atoms with van der Waals surface area (Å²) in [6.07, 6.45) is 0.124. The molecular weight excluding hydrogens is 206 g/mol. The maximum Gasteiger partial charge on any atom is 0.304 e. The van der Waals surface area contributed by atoms with Crippen LogP contribution in [0.2, 0.25) is 0 Å². The van der Waals surface area contributed by atoms with Crippen molar-refractivity contribution in [2.75, 3.05) is 13.7 Å².